The lowest BCUT2D eigenvalue weighted by atomic mass is 9.94. The Hall–Kier alpha value is -4.88. The van der Waals surface area contributed by atoms with Crippen molar-refractivity contribution in [1.82, 2.24) is 19.8 Å². The lowest BCUT2D eigenvalue weighted by Crippen LogP contribution is -2.55. The summed E-state index contributed by atoms with van der Waals surface area (Å²) in [6.07, 6.45) is 3.34. The number of hydrogen-bond acceptors (Lipinski definition) is 9. The number of nitrogens with zero attached hydrogens (tertiary/aromatic N) is 6. The van der Waals surface area contributed by atoms with Crippen LogP contribution in [0.2, 0.25) is 0 Å². The van der Waals surface area contributed by atoms with Crippen LogP contribution in [-0.2, 0) is 17.8 Å². The van der Waals surface area contributed by atoms with Gasteiger partial charge in [-0.1, -0.05) is 72.8 Å². The second kappa shape index (κ2) is 13.9. The molecule has 1 amide bonds. The first-order chi connectivity index (χ1) is 23.1. The Morgan fingerprint density at radius 3 is 2.64 bits per heavy atom. The number of ether oxygens (including phenoxy) is 3. The molecule has 7 rings (SSSR count). The fourth-order valence-electron chi connectivity index (χ4n) is 7.03. The Morgan fingerprint density at radius 1 is 0.979 bits per heavy atom. The van der Waals surface area contributed by atoms with E-state index in [0.717, 1.165) is 54.7 Å². The minimum Gasteiger partial charge on any atom is -0.469 e. The number of likely N-dealkylation sites (N-methyl/N-ethyl adjacent to an activating group) is 1. The lowest BCUT2D eigenvalue weighted by Gasteiger charge is -2.41. The highest BCUT2D eigenvalue weighted by Crippen LogP contribution is 2.41. The van der Waals surface area contributed by atoms with Gasteiger partial charge in [0, 0.05) is 31.2 Å². The summed E-state index contributed by atoms with van der Waals surface area (Å²) in [4.78, 5) is 29.1. The van der Waals surface area contributed by atoms with E-state index in [0.29, 0.717) is 44.2 Å². The van der Waals surface area contributed by atoms with Crippen LogP contribution in [0.15, 0.2) is 72.8 Å². The zero-order valence-electron chi connectivity index (χ0n) is 26.8. The fourth-order valence-corrected chi connectivity index (χ4v) is 7.03. The van der Waals surface area contributed by atoms with Crippen molar-refractivity contribution in [2.24, 2.45) is 0 Å². The normalized spacial score (nSPS) is 21.1. The van der Waals surface area contributed by atoms with Crippen molar-refractivity contribution in [3.8, 4) is 18.0 Å². The molecule has 0 saturated carbocycles. The van der Waals surface area contributed by atoms with Crippen LogP contribution in [0.25, 0.3) is 10.8 Å². The van der Waals surface area contributed by atoms with Gasteiger partial charge in [0.15, 0.2) is 0 Å². The largest absolute Gasteiger partial charge is 0.469 e. The molecular formula is C37H40N6O4. The third kappa shape index (κ3) is 6.67. The van der Waals surface area contributed by atoms with E-state index < -0.39 is 6.09 Å². The van der Waals surface area contributed by atoms with Crippen LogP contribution >= 0.6 is 0 Å². The average Bonchev–Trinajstić information content (AvgIpc) is 3.53. The third-order valence-corrected chi connectivity index (χ3v) is 9.63. The van der Waals surface area contributed by atoms with E-state index in [9.17, 15) is 10.1 Å². The van der Waals surface area contributed by atoms with Crippen molar-refractivity contribution < 1.29 is 19.0 Å². The van der Waals surface area contributed by atoms with Gasteiger partial charge in [-0.3, -0.25) is 0 Å². The average molecular weight is 633 g/mol. The molecule has 10 nitrogen and oxygen atoms in total. The zero-order chi connectivity index (χ0) is 32.2. The second-order valence-electron chi connectivity index (χ2n) is 12.6. The first-order valence-electron chi connectivity index (χ1n) is 16.5. The van der Waals surface area contributed by atoms with Crippen LogP contribution in [0.4, 0.5) is 10.6 Å². The molecule has 0 spiro atoms. The summed E-state index contributed by atoms with van der Waals surface area (Å²) in [6, 6.07) is 26.8. The molecule has 2 fully saturated rings. The fraction of sp³-hybridized carbons (Fsp3) is 0.405. The first-order valence-corrected chi connectivity index (χ1v) is 16.5. The number of hydrogen-bond donors (Lipinski definition) is 0. The summed E-state index contributed by atoms with van der Waals surface area (Å²) in [5.41, 5.74) is 2.99. The van der Waals surface area contributed by atoms with E-state index >= 15 is 0 Å². The topological polar surface area (TPSA) is 104 Å². The minimum absolute atomic E-state index is 0.160. The molecule has 3 atom stereocenters. The van der Waals surface area contributed by atoms with Gasteiger partial charge in [0.25, 0.3) is 0 Å². The Morgan fingerprint density at radius 2 is 1.81 bits per heavy atom. The van der Waals surface area contributed by atoms with Crippen molar-refractivity contribution in [2.75, 3.05) is 44.7 Å². The van der Waals surface area contributed by atoms with Gasteiger partial charge in [-0.15, -0.1) is 0 Å². The number of nitriles is 1. The van der Waals surface area contributed by atoms with Crippen molar-refractivity contribution >= 4 is 22.7 Å². The maximum Gasteiger partial charge on any atom is 0.410 e. The van der Waals surface area contributed by atoms with Crippen LogP contribution < -0.4 is 14.4 Å². The van der Waals surface area contributed by atoms with Crippen LogP contribution in [0.1, 0.15) is 48.5 Å². The zero-order valence-corrected chi connectivity index (χ0v) is 26.8. The van der Waals surface area contributed by atoms with Crippen LogP contribution in [0, 0.1) is 11.3 Å². The van der Waals surface area contributed by atoms with E-state index in [-0.39, 0.29) is 25.2 Å². The summed E-state index contributed by atoms with van der Waals surface area (Å²) in [5.74, 6) is 1.29. The smallest absolute Gasteiger partial charge is 0.410 e. The Balaban J connectivity index is 1.15. The third-order valence-electron chi connectivity index (χ3n) is 9.63. The number of likely N-dealkylation sites (tertiary alicyclic amines) is 1. The molecule has 0 N–H and O–H groups in total. The van der Waals surface area contributed by atoms with Crippen LogP contribution in [0.5, 0.6) is 11.9 Å². The summed E-state index contributed by atoms with van der Waals surface area (Å²) in [7, 11) is 2.12. The van der Waals surface area contributed by atoms with Crippen LogP contribution in [0.3, 0.4) is 0 Å². The van der Waals surface area contributed by atoms with E-state index in [4.69, 9.17) is 24.2 Å². The number of aromatic nitrogens is 2. The van der Waals surface area contributed by atoms with Crippen molar-refractivity contribution in [2.45, 2.75) is 56.9 Å². The van der Waals surface area contributed by atoms with Gasteiger partial charge >= 0.3 is 12.1 Å². The van der Waals surface area contributed by atoms with E-state index in [1.165, 1.54) is 10.8 Å². The summed E-state index contributed by atoms with van der Waals surface area (Å²) < 4.78 is 18.6. The molecule has 0 aliphatic carbocycles. The van der Waals surface area contributed by atoms with Crippen molar-refractivity contribution in [1.29, 1.82) is 5.26 Å². The molecule has 3 aromatic carbocycles. The van der Waals surface area contributed by atoms with E-state index in [1.54, 1.807) is 4.90 Å². The van der Waals surface area contributed by atoms with Gasteiger partial charge in [-0.25, -0.2) is 4.79 Å². The molecule has 4 aromatic rings. The van der Waals surface area contributed by atoms with Gasteiger partial charge in [0.05, 0.1) is 24.1 Å². The SMILES string of the molecule is CN1CCC[C@H]1COc1nc2c(c(N3CCN(C(=O)OCc4ccccc4)[C@@H](CC#N)C3)n1)CCC(c1cccc3ccccc13)O2. The maximum atomic E-state index is 13.2. The monoisotopic (exact) mass is 632 g/mol. The number of anilines is 1. The minimum atomic E-state index is -0.413. The Bertz CT molecular complexity index is 1760. The second-order valence-corrected chi connectivity index (χ2v) is 12.6. The molecule has 3 aliphatic rings. The maximum absolute atomic E-state index is 13.2. The number of piperazine rings is 1. The number of carbonyl (C=O) groups excluding carboxylic acids is 1. The standard InChI is InChI=1S/C37H40N6O4/c1-41-20-8-13-29(41)25-45-36-39-34(32-16-17-33(47-35(32)40-36)31-15-7-12-27-11-5-6-14-30(27)31)42-21-22-43(28(23-42)18-19-38)37(44)46-24-26-9-3-2-4-10-26/h2-7,9-12,14-15,28-29,33H,8,13,16-18,20-25H2,1H3/t28-,29-,33?/m0/s1. The molecule has 2 saturated heterocycles. The van der Waals surface area contributed by atoms with Crippen LogP contribution in [-0.4, -0.2) is 77.8 Å². The predicted octanol–water partition coefficient (Wildman–Crippen LogP) is 5.91. The molecule has 0 radical (unpaired) electrons. The first kappa shape index (κ1) is 30.8. The molecule has 4 heterocycles. The van der Waals surface area contributed by atoms with Crippen molar-refractivity contribution in [3.05, 3.63) is 89.5 Å². The number of carbonyl (C=O) groups is 1. The molecule has 1 unspecified atom stereocenters. The summed E-state index contributed by atoms with van der Waals surface area (Å²) in [6.45, 7) is 3.11. The molecule has 47 heavy (non-hydrogen) atoms. The number of rotatable bonds is 8. The lowest BCUT2D eigenvalue weighted by molar-refractivity contribution is 0.0766. The number of amides is 1. The molecule has 0 bridgehead atoms. The van der Waals surface area contributed by atoms with Gasteiger partial charge in [-0.05, 0) is 55.6 Å². The van der Waals surface area contributed by atoms with E-state index in [1.807, 2.05) is 30.3 Å². The predicted molar refractivity (Wildman–Crippen MR) is 178 cm³/mol. The molecule has 10 heteroatoms. The van der Waals surface area contributed by atoms with Crippen molar-refractivity contribution in [3.63, 3.8) is 0 Å². The van der Waals surface area contributed by atoms with Gasteiger partial charge in [0.2, 0.25) is 5.88 Å². The molecule has 1 aromatic heterocycles. The Kier molecular flexibility index (Phi) is 9.07. The van der Waals surface area contributed by atoms with Gasteiger partial charge in [0.1, 0.15) is 25.1 Å². The molecule has 242 valence electrons. The molecule has 3 aliphatic heterocycles. The summed E-state index contributed by atoms with van der Waals surface area (Å²) >= 11 is 0. The number of fused-ring (bicyclic) bond motifs is 2. The van der Waals surface area contributed by atoms with E-state index in [2.05, 4.69) is 65.4 Å². The summed E-state index contributed by atoms with van der Waals surface area (Å²) in [5, 5.41) is 12.1. The van der Waals surface area contributed by atoms with Gasteiger partial charge in [-0.2, -0.15) is 15.2 Å². The Labute approximate surface area is 275 Å². The van der Waals surface area contributed by atoms with Gasteiger partial charge < -0.3 is 28.9 Å². The highest BCUT2D eigenvalue weighted by Gasteiger charge is 2.36. The number of benzene rings is 3. The quantitative estimate of drug-likeness (QED) is 0.235. The molecular weight excluding hydrogens is 592 g/mol. The highest BCUT2D eigenvalue weighted by atomic mass is 16.6. The highest BCUT2D eigenvalue weighted by molar-refractivity contribution is 5.86.